The molecular formula is C13H18N2O3. The standard InChI is InChI=1S/C13H18N2O3/c16-12(17)9-6-7-11(8-9)15-13(18)14-10-4-2-1-3-5-10/h1-2,6-7,9-11H,3-5,8H2,(H,16,17)(H2,14,15,18). The largest absolute Gasteiger partial charge is 0.481 e. The summed E-state index contributed by atoms with van der Waals surface area (Å²) in [5, 5.41) is 14.5. The lowest BCUT2D eigenvalue weighted by Gasteiger charge is -2.21. The normalized spacial score (nSPS) is 30.1. The van der Waals surface area contributed by atoms with Gasteiger partial charge in [-0.15, -0.1) is 0 Å². The minimum atomic E-state index is -0.839. The summed E-state index contributed by atoms with van der Waals surface area (Å²) >= 11 is 0. The quantitative estimate of drug-likeness (QED) is 0.663. The number of aliphatic carboxylic acids is 1. The van der Waals surface area contributed by atoms with Gasteiger partial charge in [0.15, 0.2) is 0 Å². The highest BCUT2D eigenvalue weighted by Crippen LogP contribution is 2.18. The van der Waals surface area contributed by atoms with Crippen LogP contribution in [-0.4, -0.2) is 29.2 Å². The van der Waals surface area contributed by atoms with Gasteiger partial charge in [-0.05, 0) is 25.7 Å². The maximum absolute atomic E-state index is 11.7. The Morgan fingerprint density at radius 1 is 1.17 bits per heavy atom. The van der Waals surface area contributed by atoms with E-state index in [1.807, 2.05) is 0 Å². The lowest BCUT2D eigenvalue weighted by atomic mass is 10.0. The molecule has 3 N–H and O–H groups in total. The number of rotatable bonds is 3. The Morgan fingerprint density at radius 2 is 2.00 bits per heavy atom. The first kappa shape index (κ1) is 12.7. The second-order valence-corrected chi connectivity index (χ2v) is 4.77. The molecule has 5 heteroatoms. The lowest BCUT2D eigenvalue weighted by molar-refractivity contribution is -0.140. The molecule has 98 valence electrons. The van der Waals surface area contributed by atoms with E-state index in [0.717, 1.165) is 19.3 Å². The molecule has 0 spiro atoms. The predicted octanol–water partition coefficient (Wildman–Crippen LogP) is 1.42. The molecule has 0 fully saturated rings. The maximum atomic E-state index is 11.7. The number of carbonyl (C=O) groups excluding carboxylic acids is 1. The van der Waals surface area contributed by atoms with Crippen LogP contribution in [0.1, 0.15) is 25.7 Å². The van der Waals surface area contributed by atoms with Gasteiger partial charge in [-0.2, -0.15) is 0 Å². The van der Waals surface area contributed by atoms with E-state index in [0.29, 0.717) is 6.42 Å². The number of carbonyl (C=O) groups is 2. The molecule has 0 bridgehead atoms. The van der Waals surface area contributed by atoms with Gasteiger partial charge in [0.25, 0.3) is 0 Å². The fraction of sp³-hybridized carbons (Fsp3) is 0.538. The van der Waals surface area contributed by atoms with Crippen molar-refractivity contribution in [2.45, 2.75) is 37.8 Å². The molecule has 0 aromatic rings. The average Bonchev–Trinajstić information content (AvgIpc) is 2.78. The van der Waals surface area contributed by atoms with Crippen molar-refractivity contribution in [3.8, 4) is 0 Å². The van der Waals surface area contributed by atoms with Gasteiger partial charge >= 0.3 is 12.0 Å². The summed E-state index contributed by atoms with van der Waals surface area (Å²) in [6.45, 7) is 0. The smallest absolute Gasteiger partial charge is 0.315 e. The number of urea groups is 1. The third-order valence-electron chi connectivity index (χ3n) is 3.32. The fourth-order valence-corrected chi connectivity index (χ4v) is 2.31. The molecule has 2 rings (SSSR count). The summed E-state index contributed by atoms with van der Waals surface area (Å²) in [4.78, 5) is 22.5. The number of carboxylic acid groups (broad SMARTS) is 1. The zero-order chi connectivity index (χ0) is 13.0. The van der Waals surface area contributed by atoms with E-state index >= 15 is 0 Å². The number of hydrogen-bond donors (Lipinski definition) is 3. The highest BCUT2D eigenvalue weighted by molar-refractivity contribution is 5.76. The zero-order valence-corrected chi connectivity index (χ0v) is 10.1. The molecule has 3 atom stereocenters. The Bertz CT molecular complexity index is 390. The van der Waals surface area contributed by atoms with Crippen LogP contribution in [0.4, 0.5) is 4.79 Å². The van der Waals surface area contributed by atoms with Crippen molar-refractivity contribution < 1.29 is 14.7 Å². The van der Waals surface area contributed by atoms with Crippen LogP contribution < -0.4 is 10.6 Å². The molecule has 0 aliphatic heterocycles. The highest BCUT2D eigenvalue weighted by Gasteiger charge is 2.25. The van der Waals surface area contributed by atoms with Crippen molar-refractivity contribution >= 4 is 12.0 Å². The SMILES string of the molecule is O=C(NC1C=CC(C(=O)O)C1)NC1CC=CCC1. The molecule has 0 aromatic heterocycles. The number of amides is 2. The third-order valence-corrected chi connectivity index (χ3v) is 3.32. The Kier molecular flexibility index (Phi) is 4.02. The monoisotopic (exact) mass is 250 g/mol. The summed E-state index contributed by atoms with van der Waals surface area (Å²) in [5.74, 6) is -1.32. The first-order valence-electron chi connectivity index (χ1n) is 6.28. The molecule has 0 saturated heterocycles. The molecule has 0 aromatic carbocycles. The molecule has 0 radical (unpaired) electrons. The Morgan fingerprint density at radius 3 is 2.61 bits per heavy atom. The van der Waals surface area contributed by atoms with Crippen LogP contribution in [-0.2, 0) is 4.79 Å². The van der Waals surface area contributed by atoms with Crippen molar-refractivity contribution in [1.29, 1.82) is 0 Å². The molecule has 5 nitrogen and oxygen atoms in total. The Balaban J connectivity index is 1.73. The second kappa shape index (κ2) is 5.71. The van der Waals surface area contributed by atoms with E-state index in [4.69, 9.17) is 5.11 Å². The molecule has 0 heterocycles. The van der Waals surface area contributed by atoms with E-state index in [1.165, 1.54) is 0 Å². The van der Waals surface area contributed by atoms with Crippen molar-refractivity contribution in [1.82, 2.24) is 10.6 Å². The van der Waals surface area contributed by atoms with Crippen LogP contribution in [0.5, 0.6) is 0 Å². The predicted molar refractivity (Wildman–Crippen MR) is 67.1 cm³/mol. The maximum Gasteiger partial charge on any atom is 0.315 e. The molecule has 2 amide bonds. The molecule has 2 aliphatic rings. The summed E-state index contributed by atoms with van der Waals surface area (Å²) < 4.78 is 0. The fourth-order valence-electron chi connectivity index (χ4n) is 2.31. The van der Waals surface area contributed by atoms with Crippen LogP contribution in [0.3, 0.4) is 0 Å². The molecular weight excluding hydrogens is 232 g/mol. The Labute approximate surface area is 106 Å². The Hall–Kier alpha value is -1.78. The van der Waals surface area contributed by atoms with E-state index < -0.39 is 11.9 Å². The van der Waals surface area contributed by atoms with Crippen LogP contribution in [0.25, 0.3) is 0 Å². The number of allylic oxidation sites excluding steroid dienone is 1. The summed E-state index contributed by atoms with van der Waals surface area (Å²) in [6.07, 6.45) is 10.8. The number of carboxylic acids is 1. The lowest BCUT2D eigenvalue weighted by Crippen LogP contribution is -2.45. The molecule has 0 saturated carbocycles. The van der Waals surface area contributed by atoms with E-state index in [1.54, 1.807) is 12.2 Å². The van der Waals surface area contributed by atoms with Gasteiger partial charge in [0.1, 0.15) is 0 Å². The van der Waals surface area contributed by atoms with Gasteiger partial charge in [-0.25, -0.2) is 4.79 Å². The van der Waals surface area contributed by atoms with Crippen LogP contribution >= 0.6 is 0 Å². The minimum absolute atomic E-state index is 0.176. The average molecular weight is 250 g/mol. The topological polar surface area (TPSA) is 78.4 Å². The van der Waals surface area contributed by atoms with Crippen molar-refractivity contribution in [3.63, 3.8) is 0 Å². The van der Waals surface area contributed by atoms with Crippen LogP contribution in [0, 0.1) is 5.92 Å². The van der Waals surface area contributed by atoms with E-state index in [9.17, 15) is 9.59 Å². The van der Waals surface area contributed by atoms with Crippen molar-refractivity contribution in [2.75, 3.05) is 0 Å². The van der Waals surface area contributed by atoms with E-state index in [2.05, 4.69) is 22.8 Å². The van der Waals surface area contributed by atoms with Crippen LogP contribution in [0.2, 0.25) is 0 Å². The van der Waals surface area contributed by atoms with Gasteiger partial charge < -0.3 is 15.7 Å². The zero-order valence-electron chi connectivity index (χ0n) is 10.1. The van der Waals surface area contributed by atoms with Gasteiger partial charge in [-0.3, -0.25) is 4.79 Å². The first-order chi connectivity index (χ1) is 8.65. The summed E-state index contributed by atoms with van der Waals surface area (Å²) in [6, 6.07) is -0.197. The number of nitrogens with one attached hydrogen (secondary N) is 2. The van der Waals surface area contributed by atoms with E-state index in [-0.39, 0.29) is 18.1 Å². The van der Waals surface area contributed by atoms with Gasteiger partial charge in [0.05, 0.1) is 12.0 Å². The van der Waals surface area contributed by atoms with Gasteiger partial charge in [0, 0.05) is 6.04 Å². The molecule has 3 unspecified atom stereocenters. The first-order valence-corrected chi connectivity index (χ1v) is 6.28. The van der Waals surface area contributed by atoms with Gasteiger partial charge in [0.2, 0.25) is 0 Å². The highest BCUT2D eigenvalue weighted by atomic mass is 16.4. The summed E-state index contributed by atoms with van der Waals surface area (Å²) in [7, 11) is 0. The van der Waals surface area contributed by atoms with Crippen molar-refractivity contribution in [3.05, 3.63) is 24.3 Å². The number of hydrogen-bond acceptors (Lipinski definition) is 2. The van der Waals surface area contributed by atoms with Gasteiger partial charge in [-0.1, -0.05) is 24.3 Å². The van der Waals surface area contributed by atoms with Crippen LogP contribution in [0.15, 0.2) is 24.3 Å². The van der Waals surface area contributed by atoms with Crippen molar-refractivity contribution in [2.24, 2.45) is 5.92 Å². The minimum Gasteiger partial charge on any atom is -0.481 e. The second-order valence-electron chi connectivity index (χ2n) is 4.77. The molecule has 2 aliphatic carbocycles. The molecule has 18 heavy (non-hydrogen) atoms. The summed E-state index contributed by atoms with van der Waals surface area (Å²) in [5.41, 5.74) is 0. The third kappa shape index (κ3) is 3.35.